The normalized spacial score (nSPS) is 15.0. The topological polar surface area (TPSA) is 423 Å². The molecule has 456 valence electrons. The maximum absolute atomic E-state index is 13.8. The van der Waals surface area contributed by atoms with Crippen LogP contribution in [0.3, 0.4) is 0 Å². The number of pyridine rings is 4. The molecule has 6 amide bonds. The first-order chi connectivity index (χ1) is 41.3. The van der Waals surface area contributed by atoms with Gasteiger partial charge in [0, 0.05) is 99.9 Å². The minimum Gasteiger partial charge on any atom is -0.425 e. The standard InChI is InChI=1S/C53H63N17O14S2/c54-64-60-27-7-24-58-53(86)63-34-17-15-33(16-18-34)62-52(85)57-23-2-1-10-35-32-59-46(75)38-21-19-36(48(77)69(38)83)44(73)55-25-8-30-65(50(79)40-11-5-13-42(71)67(40)81)28-3-4-29-66(51(80)41-12-6-14-43(72)68(41)82)31-9-26-56-45(74)37-20-22-39(47(76)61-35)70(84)49(37)78/h5-6,11-22,35,81-84H,1-4,7-10,23-32H2,(H,55,73)(H,56,74)(H,59,75)(H,61,76)(H2,57,62,85)(H2,58,63,86)/t35-/m0/s1. The lowest BCUT2D eigenvalue weighted by molar-refractivity contribution is 0.0657. The van der Waals surface area contributed by atoms with E-state index in [1.165, 1.54) is 34.1 Å². The first-order valence-corrected chi connectivity index (χ1v) is 27.8. The molecule has 1 atom stereocenters. The molecule has 4 aromatic heterocycles. The summed E-state index contributed by atoms with van der Waals surface area (Å²) in [5, 5.41) is 69.3. The fourth-order valence-corrected chi connectivity index (χ4v) is 9.06. The minimum atomic E-state index is -1.28. The zero-order valence-electron chi connectivity index (χ0n) is 46.1. The van der Waals surface area contributed by atoms with Crippen molar-refractivity contribution in [3.05, 3.63) is 171 Å². The third-order valence-corrected chi connectivity index (χ3v) is 13.6. The molecule has 0 spiro atoms. The summed E-state index contributed by atoms with van der Waals surface area (Å²) in [5.74, 6) is -5.48. The smallest absolute Gasteiger partial charge is 0.296 e. The van der Waals surface area contributed by atoms with Crippen LogP contribution in [0.5, 0.6) is 0 Å². The van der Waals surface area contributed by atoms with E-state index in [1.807, 2.05) is 0 Å². The molecule has 0 unspecified atom stereocenters. The molecule has 0 aliphatic carbocycles. The molecular weight excluding hydrogens is 1160 g/mol. The van der Waals surface area contributed by atoms with Gasteiger partial charge < -0.3 is 73.2 Å². The third kappa shape index (κ3) is 18.1. The van der Waals surface area contributed by atoms with Crippen LogP contribution in [0.2, 0.25) is 0 Å². The molecule has 5 aromatic rings. The van der Waals surface area contributed by atoms with Gasteiger partial charge in [-0.25, -0.2) is 0 Å². The van der Waals surface area contributed by atoms with Crippen LogP contribution in [-0.4, -0.2) is 167 Å². The average molecular weight is 1230 g/mol. The van der Waals surface area contributed by atoms with Gasteiger partial charge in [0.25, 0.3) is 57.7 Å². The van der Waals surface area contributed by atoms with Crippen LogP contribution in [0.1, 0.15) is 114 Å². The molecule has 7 heterocycles. The molecule has 4 bridgehead atoms. The van der Waals surface area contributed by atoms with Crippen molar-refractivity contribution in [3.8, 4) is 0 Å². The van der Waals surface area contributed by atoms with Crippen LogP contribution >= 0.6 is 24.4 Å². The first-order valence-electron chi connectivity index (χ1n) is 27.0. The lowest BCUT2D eigenvalue weighted by atomic mass is 10.1. The Morgan fingerprint density at radius 2 is 1.01 bits per heavy atom. The van der Waals surface area contributed by atoms with E-state index < -0.39 is 86.2 Å². The highest BCUT2D eigenvalue weighted by Gasteiger charge is 2.26. The highest BCUT2D eigenvalue weighted by atomic mass is 32.1. The summed E-state index contributed by atoms with van der Waals surface area (Å²) in [6.45, 7) is 0.305. The lowest BCUT2D eigenvalue weighted by Gasteiger charge is -2.26. The first kappa shape index (κ1) is 64.9. The molecular formula is C53H63N17O14S2. The molecule has 0 saturated heterocycles. The Hall–Kier alpha value is -10.3. The van der Waals surface area contributed by atoms with Gasteiger partial charge in [0.05, 0.1) is 0 Å². The molecule has 33 heteroatoms. The summed E-state index contributed by atoms with van der Waals surface area (Å²) < 4.78 is 0.283. The molecule has 31 nitrogen and oxygen atoms in total. The van der Waals surface area contributed by atoms with Crippen molar-refractivity contribution < 1.29 is 49.6 Å². The number of unbranched alkanes of at least 4 members (excludes halogenated alkanes) is 1. The van der Waals surface area contributed by atoms with Gasteiger partial charge in [0.2, 0.25) is 0 Å². The monoisotopic (exact) mass is 1230 g/mol. The van der Waals surface area contributed by atoms with E-state index in [0.29, 0.717) is 55.4 Å². The number of nitrogens with zero attached hydrogens (tertiary/aromatic N) is 9. The molecule has 3 aliphatic heterocycles. The zero-order chi connectivity index (χ0) is 62.3. The van der Waals surface area contributed by atoms with E-state index in [-0.39, 0.29) is 113 Å². The van der Waals surface area contributed by atoms with Crippen LogP contribution in [0.4, 0.5) is 11.4 Å². The van der Waals surface area contributed by atoms with Crippen LogP contribution in [-0.2, 0) is 0 Å². The second kappa shape index (κ2) is 32.0. The van der Waals surface area contributed by atoms with Crippen LogP contribution < -0.4 is 64.8 Å². The molecule has 86 heavy (non-hydrogen) atoms. The molecule has 8 rings (SSSR count). The Morgan fingerprint density at radius 3 is 1.49 bits per heavy atom. The fraction of sp³-hybridized carbons (Fsp3) is 0.358. The van der Waals surface area contributed by atoms with Gasteiger partial charge in [-0.15, -0.1) is 18.9 Å². The van der Waals surface area contributed by atoms with Crippen molar-refractivity contribution in [2.24, 2.45) is 5.11 Å². The van der Waals surface area contributed by atoms with E-state index in [9.17, 15) is 68.8 Å². The summed E-state index contributed by atoms with van der Waals surface area (Å²) in [4.78, 5) is 138. The molecule has 0 fully saturated rings. The van der Waals surface area contributed by atoms with Crippen molar-refractivity contribution in [1.29, 1.82) is 0 Å². The van der Waals surface area contributed by atoms with E-state index >= 15 is 0 Å². The number of thiocarbonyl (C=S) groups is 2. The number of carbonyl (C=O) groups is 6. The predicted molar refractivity (Wildman–Crippen MR) is 317 cm³/mol. The van der Waals surface area contributed by atoms with E-state index in [2.05, 4.69) is 52.6 Å². The highest BCUT2D eigenvalue weighted by molar-refractivity contribution is 7.80. The maximum Gasteiger partial charge on any atom is 0.296 e. The Bertz CT molecular complexity index is 3620. The second-order valence-electron chi connectivity index (χ2n) is 19.2. The third-order valence-electron chi connectivity index (χ3n) is 13.1. The lowest BCUT2D eigenvalue weighted by Crippen LogP contribution is -2.46. The maximum atomic E-state index is 13.8. The Kier molecular flexibility index (Phi) is 24.1. The van der Waals surface area contributed by atoms with Crippen molar-refractivity contribution >= 4 is 81.5 Å². The number of amides is 6. The number of aromatic nitrogens is 4. The second-order valence-corrected chi connectivity index (χ2v) is 20.0. The Balaban J connectivity index is 1.17. The van der Waals surface area contributed by atoms with Crippen molar-refractivity contribution in [2.45, 2.75) is 57.4 Å². The SMILES string of the molecule is [N-]=[N+]=NCCCNC(=S)Nc1ccc(NC(=S)NCCCC[C@H]2CNC(=O)c3ccc(c(=O)n3O)C(=O)NCCCN(C(=O)c3cccc(=O)n3O)CCCCN(C(=O)c3cccc(=O)n3O)CCCNC(=O)c3ccc(n(O)c3=O)C(=O)N2)cc1. The van der Waals surface area contributed by atoms with E-state index in [4.69, 9.17) is 30.0 Å². The highest BCUT2D eigenvalue weighted by Crippen LogP contribution is 2.15. The number of fused-ring (bicyclic) bond motifs is 2. The molecule has 0 saturated carbocycles. The summed E-state index contributed by atoms with van der Waals surface area (Å²) in [6, 6.07) is 17.2. The summed E-state index contributed by atoms with van der Waals surface area (Å²) in [5.41, 5.74) is 2.34. The Morgan fingerprint density at radius 1 is 0.558 bits per heavy atom. The number of carbonyl (C=O) groups excluding carboxylic acids is 6. The molecule has 1 aromatic carbocycles. The molecule has 0 radical (unpaired) electrons. The van der Waals surface area contributed by atoms with Gasteiger partial charge in [-0.1, -0.05) is 17.2 Å². The van der Waals surface area contributed by atoms with Crippen LogP contribution in [0.15, 0.2) is 109 Å². The number of hydrogen-bond donors (Lipinski definition) is 12. The Labute approximate surface area is 499 Å². The number of nitrogens with one attached hydrogen (secondary N) is 8. The fourth-order valence-electron chi connectivity index (χ4n) is 8.62. The molecule has 3 aliphatic rings. The minimum absolute atomic E-state index is 0.0283. The number of benzene rings is 1. The molecule has 12 N–H and O–H groups in total. The zero-order valence-corrected chi connectivity index (χ0v) is 47.7. The summed E-state index contributed by atoms with van der Waals surface area (Å²) in [7, 11) is 0. The predicted octanol–water partition coefficient (Wildman–Crippen LogP) is 1.27. The quantitative estimate of drug-likeness (QED) is 0.0197. The number of rotatable bonds is 13. The van der Waals surface area contributed by atoms with Crippen LogP contribution in [0, 0.1) is 0 Å². The summed E-state index contributed by atoms with van der Waals surface area (Å²) >= 11 is 10.8. The summed E-state index contributed by atoms with van der Waals surface area (Å²) in [6.07, 6.45) is 2.06. The van der Waals surface area contributed by atoms with E-state index in [1.54, 1.807) is 24.3 Å². The number of hydrogen-bond acceptors (Lipinski definition) is 17. The van der Waals surface area contributed by atoms with Gasteiger partial charge in [-0.2, -0.15) is 0 Å². The van der Waals surface area contributed by atoms with Gasteiger partial charge in [-0.3, -0.25) is 47.9 Å². The van der Waals surface area contributed by atoms with Gasteiger partial charge in [-0.05, 0) is 142 Å². The van der Waals surface area contributed by atoms with Gasteiger partial charge in [0.15, 0.2) is 10.2 Å². The van der Waals surface area contributed by atoms with E-state index in [0.717, 1.165) is 36.4 Å². The average Bonchev–Trinajstić information content (AvgIpc) is 2.33. The van der Waals surface area contributed by atoms with Gasteiger partial charge >= 0.3 is 0 Å². The van der Waals surface area contributed by atoms with Crippen LogP contribution in [0.25, 0.3) is 10.4 Å². The van der Waals surface area contributed by atoms with Crippen molar-refractivity contribution in [2.75, 3.05) is 76.1 Å². The van der Waals surface area contributed by atoms with Crippen molar-refractivity contribution in [3.63, 3.8) is 0 Å². The van der Waals surface area contributed by atoms with Gasteiger partial charge in [0.1, 0.15) is 33.9 Å². The number of azide groups is 1. The van der Waals surface area contributed by atoms with Crippen molar-refractivity contribution in [1.82, 2.24) is 60.6 Å². The largest absolute Gasteiger partial charge is 0.425 e. The number of anilines is 2.